The standard InChI is InChI=1S/C14H18N2O/c1-11(15)5-4-10-17-14-8-2-7-13-12(14)6-3-9-16-13/h2-3,6-9,11H,4-5,10,15H2,1H3. The topological polar surface area (TPSA) is 48.1 Å². The number of pyridine rings is 1. The smallest absolute Gasteiger partial charge is 0.128 e. The van der Waals surface area contributed by atoms with Crippen molar-refractivity contribution in [3.8, 4) is 5.75 Å². The van der Waals surface area contributed by atoms with Gasteiger partial charge in [0.05, 0.1) is 12.1 Å². The largest absolute Gasteiger partial charge is 0.493 e. The van der Waals surface area contributed by atoms with E-state index in [1.807, 2.05) is 37.3 Å². The Morgan fingerprint density at radius 3 is 3.00 bits per heavy atom. The van der Waals surface area contributed by atoms with Crippen LogP contribution in [0.4, 0.5) is 0 Å². The number of hydrogen-bond acceptors (Lipinski definition) is 3. The molecule has 1 aromatic carbocycles. The van der Waals surface area contributed by atoms with Crippen LogP contribution in [0.5, 0.6) is 5.75 Å². The summed E-state index contributed by atoms with van der Waals surface area (Å²) in [6.07, 6.45) is 3.76. The van der Waals surface area contributed by atoms with E-state index in [0.717, 1.165) is 29.5 Å². The number of rotatable bonds is 5. The van der Waals surface area contributed by atoms with Crippen molar-refractivity contribution in [1.29, 1.82) is 0 Å². The maximum Gasteiger partial charge on any atom is 0.128 e. The Kier molecular flexibility index (Phi) is 3.94. The van der Waals surface area contributed by atoms with Crippen molar-refractivity contribution < 1.29 is 4.74 Å². The fourth-order valence-electron chi connectivity index (χ4n) is 1.79. The molecule has 1 aromatic heterocycles. The van der Waals surface area contributed by atoms with Gasteiger partial charge in [-0.05, 0) is 44.0 Å². The molecule has 1 atom stereocenters. The first-order chi connectivity index (χ1) is 8.27. The second kappa shape index (κ2) is 5.64. The molecule has 2 aromatic rings. The van der Waals surface area contributed by atoms with Crippen LogP contribution in [-0.2, 0) is 0 Å². The van der Waals surface area contributed by atoms with Crippen LogP contribution < -0.4 is 10.5 Å². The van der Waals surface area contributed by atoms with E-state index in [0.29, 0.717) is 6.61 Å². The van der Waals surface area contributed by atoms with Gasteiger partial charge in [0.1, 0.15) is 5.75 Å². The summed E-state index contributed by atoms with van der Waals surface area (Å²) in [6.45, 7) is 2.72. The van der Waals surface area contributed by atoms with Crippen LogP contribution in [0.2, 0.25) is 0 Å². The summed E-state index contributed by atoms with van der Waals surface area (Å²) in [5, 5.41) is 1.07. The molecule has 3 nitrogen and oxygen atoms in total. The molecule has 0 amide bonds. The zero-order valence-electron chi connectivity index (χ0n) is 10.1. The van der Waals surface area contributed by atoms with Crippen LogP contribution in [0.1, 0.15) is 19.8 Å². The highest BCUT2D eigenvalue weighted by atomic mass is 16.5. The zero-order valence-corrected chi connectivity index (χ0v) is 10.1. The van der Waals surface area contributed by atoms with E-state index in [1.165, 1.54) is 0 Å². The predicted molar refractivity (Wildman–Crippen MR) is 70.1 cm³/mol. The minimum atomic E-state index is 0.243. The van der Waals surface area contributed by atoms with Crippen LogP contribution in [0.3, 0.4) is 0 Å². The molecule has 3 heteroatoms. The van der Waals surface area contributed by atoms with Crippen molar-refractivity contribution in [3.63, 3.8) is 0 Å². The van der Waals surface area contributed by atoms with Gasteiger partial charge < -0.3 is 10.5 Å². The van der Waals surface area contributed by atoms with Gasteiger partial charge in [0.25, 0.3) is 0 Å². The number of benzene rings is 1. The molecule has 0 saturated carbocycles. The normalized spacial score (nSPS) is 12.6. The lowest BCUT2D eigenvalue weighted by Gasteiger charge is -2.09. The number of nitrogens with zero attached hydrogens (tertiary/aromatic N) is 1. The maximum absolute atomic E-state index is 5.77. The summed E-state index contributed by atoms with van der Waals surface area (Å²) in [7, 11) is 0. The van der Waals surface area contributed by atoms with Gasteiger partial charge in [-0.3, -0.25) is 4.98 Å². The van der Waals surface area contributed by atoms with Crippen molar-refractivity contribution in [2.75, 3.05) is 6.61 Å². The minimum Gasteiger partial charge on any atom is -0.493 e. The summed E-state index contributed by atoms with van der Waals surface area (Å²) in [5.41, 5.74) is 6.67. The Bertz CT molecular complexity index is 477. The highest BCUT2D eigenvalue weighted by Crippen LogP contribution is 2.23. The lowest BCUT2D eigenvalue weighted by Crippen LogP contribution is -2.15. The number of nitrogens with two attached hydrogens (primary N) is 1. The minimum absolute atomic E-state index is 0.243. The highest BCUT2D eigenvalue weighted by Gasteiger charge is 2.02. The van der Waals surface area contributed by atoms with Crippen LogP contribution in [0.15, 0.2) is 36.5 Å². The molecule has 1 heterocycles. The van der Waals surface area contributed by atoms with Crippen LogP contribution in [-0.4, -0.2) is 17.6 Å². The third-order valence-corrected chi connectivity index (χ3v) is 2.67. The van der Waals surface area contributed by atoms with E-state index in [1.54, 1.807) is 6.20 Å². The van der Waals surface area contributed by atoms with Crippen LogP contribution in [0.25, 0.3) is 10.9 Å². The molecule has 1 unspecified atom stereocenters. The molecule has 0 fully saturated rings. The van der Waals surface area contributed by atoms with Crippen molar-refractivity contribution in [2.45, 2.75) is 25.8 Å². The molecule has 2 N–H and O–H groups in total. The van der Waals surface area contributed by atoms with Gasteiger partial charge in [0, 0.05) is 17.6 Å². The average molecular weight is 230 g/mol. The summed E-state index contributed by atoms with van der Waals surface area (Å²) >= 11 is 0. The van der Waals surface area contributed by atoms with Gasteiger partial charge in [-0.1, -0.05) is 6.07 Å². The Hall–Kier alpha value is -1.61. The molecule has 0 aliphatic carbocycles. The number of fused-ring (bicyclic) bond motifs is 1. The summed E-state index contributed by atoms with van der Waals surface area (Å²) in [4.78, 5) is 4.30. The van der Waals surface area contributed by atoms with E-state index >= 15 is 0 Å². The summed E-state index contributed by atoms with van der Waals surface area (Å²) in [5.74, 6) is 0.903. The molecule has 0 radical (unpaired) electrons. The van der Waals surface area contributed by atoms with Gasteiger partial charge in [0.2, 0.25) is 0 Å². The van der Waals surface area contributed by atoms with Crippen molar-refractivity contribution >= 4 is 10.9 Å². The molecular weight excluding hydrogens is 212 g/mol. The van der Waals surface area contributed by atoms with E-state index < -0.39 is 0 Å². The summed E-state index contributed by atoms with van der Waals surface area (Å²) in [6, 6.07) is 10.1. The quantitative estimate of drug-likeness (QED) is 0.803. The third kappa shape index (κ3) is 3.17. The molecular formula is C14H18N2O. The average Bonchev–Trinajstić information content (AvgIpc) is 2.34. The van der Waals surface area contributed by atoms with Gasteiger partial charge in [-0.25, -0.2) is 0 Å². The van der Waals surface area contributed by atoms with Gasteiger partial charge >= 0.3 is 0 Å². The van der Waals surface area contributed by atoms with Crippen molar-refractivity contribution in [2.24, 2.45) is 5.73 Å². The second-order valence-electron chi connectivity index (χ2n) is 4.29. The third-order valence-electron chi connectivity index (χ3n) is 2.67. The first-order valence-electron chi connectivity index (χ1n) is 5.99. The number of hydrogen-bond donors (Lipinski definition) is 1. The lowest BCUT2D eigenvalue weighted by atomic mass is 10.2. The first-order valence-corrected chi connectivity index (χ1v) is 5.99. The highest BCUT2D eigenvalue weighted by molar-refractivity contribution is 5.84. The van der Waals surface area contributed by atoms with Crippen LogP contribution in [0, 0.1) is 0 Å². The van der Waals surface area contributed by atoms with Crippen LogP contribution >= 0.6 is 0 Å². The molecule has 0 aliphatic heterocycles. The van der Waals surface area contributed by atoms with Crippen molar-refractivity contribution in [1.82, 2.24) is 4.98 Å². The fourth-order valence-corrected chi connectivity index (χ4v) is 1.79. The molecule has 0 spiro atoms. The predicted octanol–water partition coefficient (Wildman–Crippen LogP) is 2.74. The SMILES string of the molecule is CC(N)CCCOc1cccc2ncccc12. The van der Waals surface area contributed by atoms with Gasteiger partial charge in [-0.2, -0.15) is 0 Å². The lowest BCUT2D eigenvalue weighted by molar-refractivity contribution is 0.306. The fraction of sp³-hybridized carbons (Fsp3) is 0.357. The number of aromatic nitrogens is 1. The molecule has 0 aliphatic rings. The monoisotopic (exact) mass is 230 g/mol. The Morgan fingerprint density at radius 2 is 2.18 bits per heavy atom. The van der Waals surface area contributed by atoms with E-state index in [-0.39, 0.29) is 6.04 Å². The second-order valence-corrected chi connectivity index (χ2v) is 4.29. The Balaban J connectivity index is 2.03. The molecule has 0 saturated heterocycles. The van der Waals surface area contributed by atoms with Crippen molar-refractivity contribution in [3.05, 3.63) is 36.5 Å². The van der Waals surface area contributed by atoms with E-state index in [4.69, 9.17) is 10.5 Å². The van der Waals surface area contributed by atoms with Gasteiger partial charge in [0.15, 0.2) is 0 Å². The Morgan fingerprint density at radius 1 is 1.29 bits per heavy atom. The molecule has 17 heavy (non-hydrogen) atoms. The molecule has 2 rings (SSSR count). The maximum atomic E-state index is 5.77. The summed E-state index contributed by atoms with van der Waals surface area (Å²) < 4.78 is 5.77. The van der Waals surface area contributed by atoms with Gasteiger partial charge in [-0.15, -0.1) is 0 Å². The van der Waals surface area contributed by atoms with E-state index in [2.05, 4.69) is 4.98 Å². The Labute approximate surface area is 102 Å². The zero-order chi connectivity index (χ0) is 12.1. The number of ether oxygens (including phenoxy) is 1. The molecule has 0 bridgehead atoms. The van der Waals surface area contributed by atoms with E-state index in [9.17, 15) is 0 Å². The molecule has 90 valence electrons. The first kappa shape index (κ1) is 11.9.